The Morgan fingerprint density at radius 1 is 1.44 bits per heavy atom. The van der Waals surface area contributed by atoms with E-state index >= 15 is 0 Å². The van der Waals surface area contributed by atoms with Crippen LogP contribution in [0, 0.1) is 6.92 Å². The molecule has 0 aliphatic carbocycles. The predicted octanol–water partition coefficient (Wildman–Crippen LogP) is 2.77. The van der Waals surface area contributed by atoms with E-state index in [0.717, 1.165) is 12.8 Å². The second-order valence-corrected chi connectivity index (χ2v) is 5.05. The minimum absolute atomic E-state index is 0.649. The molecule has 1 aromatic rings. The molecule has 0 amide bonds. The Morgan fingerprint density at radius 3 is 2.72 bits per heavy atom. The molecule has 0 fully saturated rings. The Hall–Kier alpha value is -1.35. The first-order valence-corrected chi connectivity index (χ1v) is 6.52. The number of nitrogens with one attached hydrogen (secondary N) is 1. The van der Waals surface area contributed by atoms with Crippen LogP contribution < -0.4 is 5.32 Å². The Labute approximate surface area is 109 Å². The van der Waals surface area contributed by atoms with Crippen LogP contribution >= 0.6 is 0 Å². The van der Waals surface area contributed by atoms with Crippen LogP contribution in [0.1, 0.15) is 37.8 Å². The summed E-state index contributed by atoms with van der Waals surface area (Å²) >= 11 is 0. The predicted molar refractivity (Wildman–Crippen MR) is 73.8 cm³/mol. The van der Waals surface area contributed by atoms with Crippen molar-refractivity contribution in [3.8, 4) is 0 Å². The van der Waals surface area contributed by atoms with Crippen molar-refractivity contribution in [3.05, 3.63) is 35.4 Å². The zero-order valence-electron chi connectivity index (χ0n) is 11.5. The van der Waals surface area contributed by atoms with E-state index in [1.165, 1.54) is 11.1 Å². The van der Waals surface area contributed by atoms with E-state index in [1.807, 2.05) is 13.0 Å². The van der Waals surface area contributed by atoms with Crippen LogP contribution in [-0.2, 0) is 11.2 Å². The minimum Gasteiger partial charge on any atom is -0.480 e. The van der Waals surface area contributed by atoms with Crippen molar-refractivity contribution in [3.63, 3.8) is 0 Å². The first-order valence-electron chi connectivity index (χ1n) is 6.52. The smallest absolute Gasteiger partial charge is 0.323 e. The minimum atomic E-state index is -0.807. The van der Waals surface area contributed by atoms with Gasteiger partial charge in [-0.15, -0.1) is 0 Å². The standard InChI is InChI=1S/C15H23NO2/c1-4-9-15(3,14(17)18)16-10-8-13-7-5-6-12(2)11-13/h5-7,11,16H,4,8-10H2,1-3H3,(H,17,18). The molecular formula is C15H23NO2. The Bertz CT molecular complexity index is 403. The Balaban J connectivity index is 2.51. The molecule has 2 N–H and O–H groups in total. The quantitative estimate of drug-likeness (QED) is 0.781. The third-order valence-electron chi connectivity index (χ3n) is 3.23. The summed E-state index contributed by atoms with van der Waals surface area (Å²) in [4.78, 5) is 11.2. The van der Waals surface area contributed by atoms with E-state index in [9.17, 15) is 9.90 Å². The van der Waals surface area contributed by atoms with E-state index < -0.39 is 11.5 Å². The number of rotatable bonds is 7. The van der Waals surface area contributed by atoms with Gasteiger partial charge in [-0.05, 0) is 32.3 Å². The summed E-state index contributed by atoms with van der Waals surface area (Å²) in [6, 6.07) is 8.31. The molecule has 100 valence electrons. The summed E-state index contributed by atoms with van der Waals surface area (Å²) in [5.74, 6) is -0.770. The molecule has 0 bridgehead atoms. The number of carboxylic acids is 1. The van der Waals surface area contributed by atoms with Gasteiger partial charge in [0.2, 0.25) is 0 Å². The van der Waals surface area contributed by atoms with Crippen LogP contribution in [0.3, 0.4) is 0 Å². The molecule has 18 heavy (non-hydrogen) atoms. The van der Waals surface area contributed by atoms with E-state index in [1.54, 1.807) is 6.92 Å². The average molecular weight is 249 g/mol. The molecule has 1 aromatic carbocycles. The topological polar surface area (TPSA) is 49.3 Å². The number of aryl methyl sites for hydroxylation is 1. The SMILES string of the molecule is CCCC(C)(NCCc1cccc(C)c1)C(=O)O. The largest absolute Gasteiger partial charge is 0.480 e. The maximum Gasteiger partial charge on any atom is 0.323 e. The van der Waals surface area contributed by atoms with Crippen LogP contribution in [0.2, 0.25) is 0 Å². The lowest BCUT2D eigenvalue weighted by Crippen LogP contribution is -2.50. The molecule has 3 nitrogen and oxygen atoms in total. The molecule has 0 aliphatic rings. The highest BCUT2D eigenvalue weighted by Crippen LogP contribution is 2.13. The second-order valence-electron chi connectivity index (χ2n) is 5.05. The van der Waals surface area contributed by atoms with Crippen molar-refractivity contribution < 1.29 is 9.90 Å². The molecule has 0 radical (unpaired) electrons. The second kappa shape index (κ2) is 6.55. The number of benzene rings is 1. The number of carboxylic acid groups (broad SMARTS) is 1. The van der Waals surface area contributed by atoms with Gasteiger partial charge in [0.1, 0.15) is 5.54 Å². The number of carbonyl (C=O) groups is 1. The van der Waals surface area contributed by atoms with Gasteiger partial charge in [0.25, 0.3) is 0 Å². The monoisotopic (exact) mass is 249 g/mol. The fourth-order valence-electron chi connectivity index (χ4n) is 2.12. The van der Waals surface area contributed by atoms with Crippen LogP contribution in [0.4, 0.5) is 0 Å². The highest BCUT2D eigenvalue weighted by molar-refractivity contribution is 5.78. The summed E-state index contributed by atoms with van der Waals surface area (Å²) in [7, 11) is 0. The van der Waals surface area contributed by atoms with E-state index in [4.69, 9.17) is 0 Å². The van der Waals surface area contributed by atoms with Gasteiger partial charge in [-0.25, -0.2) is 0 Å². The highest BCUT2D eigenvalue weighted by atomic mass is 16.4. The van der Waals surface area contributed by atoms with Crippen LogP contribution in [0.25, 0.3) is 0 Å². The molecule has 0 saturated heterocycles. The first kappa shape index (κ1) is 14.7. The van der Waals surface area contributed by atoms with Gasteiger partial charge in [0.05, 0.1) is 0 Å². The van der Waals surface area contributed by atoms with E-state index in [-0.39, 0.29) is 0 Å². The highest BCUT2D eigenvalue weighted by Gasteiger charge is 2.30. The summed E-state index contributed by atoms with van der Waals surface area (Å²) in [6.45, 7) is 6.51. The van der Waals surface area contributed by atoms with Gasteiger partial charge in [0, 0.05) is 6.54 Å². The third-order valence-corrected chi connectivity index (χ3v) is 3.23. The lowest BCUT2D eigenvalue weighted by molar-refractivity contribution is -0.144. The molecular weight excluding hydrogens is 226 g/mol. The maximum atomic E-state index is 11.2. The maximum absolute atomic E-state index is 11.2. The molecule has 0 aromatic heterocycles. The van der Waals surface area contributed by atoms with Crippen molar-refractivity contribution in [1.82, 2.24) is 5.32 Å². The van der Waals surface area contributed by atoms with Crippen molar-refractivity contribution in [2.24, 2.45) is 0 Å². The number of hydrogen-bond acceptors (Lipinski definition) is 2. The molecule has 0 saturated carbocycles. The van der Waals surface area contributed by atoms with Crippen LogP contribution in [0.5, 0.6) is 0 Å². The fourth-order valence-corrected chi connectivity index (χ4v) is 2.12. The lowest BCUT2D eigenvalue weighted by Gasteiger charge is -2.25. The average Bonchev–Trinajstić information content (AvgIpc) is 2.29. The van der Waals surface area contributed by atoms with Crippen molar-refractivity contribution >= 4 is 5.97 Å². The lowest BCUT2D eigenvalue weighted by atomic mass is 9.96. The molecule has 0 aliphatic heterocycles. The molecule has 3 heteroatoms. The first-order chi connectivity index (χ1) is 8.48. The molecule has 1 atom stereocenters. The van der Waals surface area contributed by atoms with Crippen molar-refractivity contribution in [2.45, 2.75) is 45.6 Å². The molecule has 0 heterocycles. The van der Waals surface area contributed by atoms with Gasteiger partial charge in [0.15, 0.2) is 0 Å². The van der Waals surface area contributed by atoms with Gasteiger partial charge in [-0.2, -0.15) is 0 Å². The number of hydrogen-bond donors (Lipinski definition) is 2. The van der Waals surface area contributed by atoms with Gasteiger partial charge < -0.3 is 10.4 Å². The zero-order valence-corrected chi connectivity index (χ0v) is 11.5. The van der Waals surface area contributed by atoms with Crippen LogP contribution in [0.15, 0.2) is 24.3 Å². The Morgan fingerprint density at radius 2 is 2.17 bits per heavy atom. The summed E-state index contributed by atoms with van der Waals surface area (Å²) in [6.07, 6.45) is 2.37. The third kappa shape index (κ3) is 4.15. The van der Waals surface area contributed by atoms with Gasteiger partial charge >= 0.3 is 5.97 Å². The fraction of sp³-hybridized carbons (Fsp3) is 0.533. The summed E-state index contributed by atoms with van der Waals surface area (Å²) < 4.78 is 0. The Kier molecular flexibility index (Phi) is 5.35. The van der Waals surface area contributed by atoms with Crippen molar-refractivity contribution in [2.75, 3.05) is 6.54 Å². The van der Waals surface area contributed by atoms with Crippen LogP contribution in [-0.4, -0.2) is 23.2 Å². The normalized spacial score (nSPS) is 14.2. The van der Waals surface area contributed by atoms with E-state index in [0.29, 0.717) is 13.0 Å². The van der Waals surface area contributed by atoms with Gasteiger partial charge in [-0.1, -0.05) is 43.2 Å². The summed E-state index contributed by atoms with van der Waals surface area (Å²) in [5.41, 5.74) is 1.67. The molecule has 1 unspecified atom stereocenters. The zero-order chi connectivity index (χ0) is 13.6. The number of aliphatic carboxylic acids is 1. The van der Waals surface area contributed by atoms with Gasteiger partial charge in [-0.3, -0.25) is 4.79 Å². The van der Waals surface area contributed by atoms with Crippen molar-refractivity contribution in [1.29, 1.82) is 0 Å². The van der Waals surface area contributed by atoms with E-state index in [2.05, 4.69) is 30.4 Å². The summed E-state index contributed by atoms with van der Waals surface area (Å²) in [5, 5.41) is 12.4. The molecule has 1 rings (SSSR count). The molecule has 0 spiro atoms.